The monoisotopic (exact) mass is 230 g/mol. The maximum absolute atomic E-state index is 11.5. The van der Waals surface area contributed by atoms with Gasteiger partial charge in [0.2, 0.25) is 5.91 Å². The summed E-state index contributed by atoms with van der Waals surface area (Å²) < 4.78 is 0. The summed E-state index contributed by atoms with van der Waals surface area (Å²) >= 11 is 0. The normalized spacial score (nSPS) is 14.6. The summed E-state index contributed by atoms with van der Waals surface area (Å²) in [6.07, 6.45) is 0. The van der Waals surface area contributed by atoms with Gasteiger partial charge < -0.3 is 15.7 Å². The molecule has 5 nitrogen and oxygen atoms in total. The smallest absolute Gasteiger partial charge is 0.308 e. The first kappa shape index (κ1) is 14.9. The minimum absolute atomic E-state index is 0.0115. The van der Waals surface area contributed by atoms with E-state index in [-0.39, 0.29) is 24.3 Å². The van der Waals surface area contributed by atoms with Crippen LogP contribution in [-0.4, -0.2) is 37.1 Å². The van der Waals surface area contributed by atoms with Crippen LogP contribution in [0.3, 0.4) is 0 Å². The Hall–Kier alpha value is -1.10. The summed E-state index contributed by atoms with van der Waals surface area (Å²) in [6.45, 7) is 6.26. The van der Waals surface area contributed by atoms with Gasteiger partial charge in [0.05, 0.1) is 5.92 Å². The topological polar surface area (TPSA) is 78.4 Å². The van der Waals surface area contributed by atoms with E-state index in [9.17, 15) is 9.59 Å². The van der Waals surface area contributed by atoms with Crippen LogP contribution in [-0.2, 0) is 9.59 Å². The molecule has 0 saturated heterocycles. The Morgan fingerprint density at radius 1 is 1.19 bits per heavy atom. The lowest BCUT2D eigenvalue weighted by Gasteiger charge is -2.18. The zero-order chi connectivity index (χ0) is 12.7. The summed E-state index contributed by atoms with van der Waals surface area (Å²) in [4.78, 5) is 22.4. The molecule has 0 fully saturated rings. The first-order chi connectivity index (χ1) is 7.40. The highest BCUT2D eigenvalue weighted by molar-refractivity contribution is 5.79. The van der Waals surface area contributed by atoms with Crippen molar-refractivity contribution >= 4 is 11.9 Å². The molecule has 0 spiro atoms. The molecule has 0 bridgehead atoms. The molecule has 2 atom stereocenters. The zero-order valence-corrected chi connectivity index (χ0v) is 10.4. The Labute approximate surface area is 96.6 Å². The molecular formula is C11H22N2O3. The van der Waals surface area contributed by atoms with Crippen molar-refractivity contribution in [3.8, 4) is 0 Å². The Kier molecular flexibility index (Phi) is 6.72. The Morgan fingerprint density at radius 2 is 1.75 bits per heavy atom. The van der Waals surface area contributed by atoms with Gasteiger partial charge in [-0.3, -0.25) is 9.59 Å². The average molecular weight is 230 g/mol. The number of nitrogens with one attached hydrogen (secondary N) is 2. The fraction of sp³-hybridized carbons (Fsp3) is 0.818. The van der Waals surface area contributed by atoms with Crippen molar-refractivity contribution in [1.82, 2.24) is 10.6 Å². The quantitative estimate of drug-likeness (QED) is 0.588. The maximum Gasteiger partial charge on any atom is 0.308 e. The third-order valence-corrected chi connectivity index (χ3v) is 2.58. The van der Waals surface area contributed by atoms with Gasteiger partial charge >= 0.3 is 5.97 Å². The minimum Gasteiger partial charge on any atom is -0.481 e. The molecule has 16 heavy (non-hydrogen) atoms. The number of carboxylic acids is 1. The number of carboxylic acid groups (broad SMARTS) is 1. The van der Waals surface area contributed by atoms with Crippen LogP contribution in [0, 0.1) is 17.8 Å². The summed E-state index contributed by atoms with van der Waals surface area (Å²) in [7, 11) is 1.78. The molecule has 0 heterocycles. The van der Waals surface area contributed by atoms with Gasteiger partial charge in [0, 0.05) is 19.0 Å². The van der Waals surface area contributed by atoms with Crippen molar-refractivity contribution in [1.29, 1.82) is 0 Å². The molecule has 0 aromatic rings. The third-order valence-electron chi connectivity index (χ3n) is 2.58. The van der Waals surface area contributed by atoms with E-state index in [1.807, 2.05) is 13.8 Å². The number of amides is 1. The van der Waals surface area contributed by atoms with Crippen molar-refractivity contribution < 1.29 is 14.7 Å². The molecule has 5 heteroatoms. The van der Waals surface area contributed by atoms with Crippen LogP contribution in [0.2, 0.25) is 0 Å². The predicted octanol–water partition coefficient (Wildman–Crippen LogP) is 0.315. The van der Waals surface area contributed by atoms with Gasteiger partial charge in [0.15, 0.2) is 0 Å². The van der Waals surface area contributed by atoms with Crippen molar-refractivity contribution in [3.05, 3.63) is 0 Å². The second kappa shape index (κ2) is 7.22. The van der Waals surface area contributed by atoms with Crippen LogP contribution in [0.15, 0.2) is 0 Å². The SMILES string of the molecule is CNCC(C)C(=O)NCC(C(=O)O)C(C)C. The van der Waals surface area contributed by atoms with E-state index in [0.717, 1.165) is 0 Å². The summed E-state index contributed by atoms with van der Waals surface area (Å²) in [6, 6.07) is 0. The van der Waals surface area contributed by atoms with E-state index < -0.39 is 11.9 Å². The average Bonchev–Trinajstić information content (AvgIpc) is 2.16. The molecule has 0 rings (SSSR count). The molecule has 94 valence electrons. The lowest BCUT2D eigenvalue weighted by molar-refractivity contribution is -0.143. The number of aliphatic carboxylic acids is 1. The molecule has 0 saturated carbocycles. The van der Waals surface area contributed by atoms with Crippen LogP contribution in [0.1, 0.15) is 20.8 Å². The Morgan fingerprint density at radius 3 is 2.12 bits per heavy atom. The van der Waals surface area contributed by atoms with Crippen LogP contribution < -0.4 is 10.6 Å². The zero-order valence-electron chi connectivity index (χ0n) is 10.4. The van der Waals surface area contributed by atoms with Crippen molar-refractivity contribution in [2.24, 2.45) is 17.8 Å². The molecular weight excluding hydrogens is 208 g/mol. The highest BCUT2D eigenvalue weighted by Crippen LogP contribution is 2.09. The van der Waals surface area contributed by atoms with Gasteiger partial charge in [0.1, 0.15) is 0 Å². The molecule has 0 aliphatic carbocycles. The molecule has 0 aromatic carbocycles. The van der Waals surface area contributed by atoms with E-state index in [2.05, 4.69) is 10.6 Å². The second-order valence-corrected chi connectivity index (χ2v) is 4.39. The first-order valence-electron chi connectivity index (χ1n) is 5.55. The lowest BCUT2D eigenvalue weighted by Crippen LogP contribution is -2.40. The van der Waals surface area contributed by atoms with E-state index in [1.165, 1.54) is 0 Å². The van der Waals surface area contributed by atoms with Crippen LogP contribution >= 0.6 is 0 Å². The number of hydrogen-bond donors (Lipinski definition) is 3. The van der Waals surface area contributed by atoms with Crippen molar-refractivity contribution in [2.45, 2.75) is 20.8 Å². The largest absolute Gasteiger partial charge is 0.481 e. The van der Waals surface area contributed by atoms with Gasteiger partial charge in [-0.2, -0.15) is 0 Å². The molecule has 3 N–H and O–H groups in total. The van der Waals surface area contributed by atoms with Crippen molar-refractivity contribution in [2.75, 3.05) is 20.1 Å². The predicted molar refractivity (Wildman–Crippen MR) is 62.1 cm³/mol. The third kappa shape index (κ3) is 5.11. The van der Waals surface area contributed by atoms with Gasteiger partial charge in [0.25, 0.3) is 0 Å². The molecule has 2 unspecified atom stereocenters. The van der Waals surface area contributed by atoms with Gasteiger partial charge in [-0.1, -0.05) is 20.8 Å². The molecule has 0 aliphatic heterocycles. The van der Waals surface area contributed by atoms with Gasteiger partial charge in [-0.05, 0) is 13.0 Å². The molecule has 0 aromatic heterocycles. The standard InChI is InChI=1S/C11H22N2O3/c1-7(2)9(11(15)16)6-13-10(14)8(3)5-12-4/h7-9,12H,5-6H2,1-4H3,(H,13,14)(H,15,16). The van der Waals surface area contributed by atoms with Crippen molar-refractivity contribution in [3.63, 3.8) is 0 Å². The highest BCUT2D eigenvalue weighted by atomic mass is 16.4. The summed E-state index contributed by atoms with van der Waals surface area (Å²) in [5.41, 5.74) is 0. The Balaban J connectivity index is 4.11. The summed E-state index contributed by atoms with van der Waals surface area (Å²) in [5, 5.41) is 14.5. The number of carbonyl (C=O) groups is 2. The lowest BCUT2D eigenvalue weighted by atomic mass is 9.96. The van der Waals surface area contributed by atoms with Gasteiger partial charge in [-0.15, -0.1) is 0 Å². The summed E-state index contributed by atoms with van der Waals surface area (Å²) in [5.74, 6) is -1.63. The number of hydrogen-bond acceptors (Lipinski definition) is 3. The fourth-order valence-corrected chi connectivity index (χ4v) is 1.39. The van der Waals surface area contributed by atoms with Crippen LogP contribution in [0.4, 0.5) is 0 Å². The van der Waals surface area contributed by atoms with E-state index in [4.69, 9.17) is 5.11 Å². The fourth-order valence-electron chi connectivity index (χ4n) is 1.39. The van der Waals surface area contributed by atoms with Gasteiger partial charge in [-0.25, -0.2) is 0 Å². The maximum atomic E-state index is 11.5. The second-order valence-electron chi connectivity index (χ2n) is 4.39. The molecule has 1 amide bonds. The highest BCUT2D eigenvalue weighted by Gasteiger charge is 2.22. The molecule has 0 radical (unpaired) electrons. The minimum atomic E-state index is -0.864. The van der Waals surface area contributed by atoms with E-state index in [1.54, 1.807) is 14.0 Å². The van der Waals surface area contributed by atoms with E-state index in [0.29, 0.717) is 6.54 Å². The first-order valence-corrected chi connectivity index (χ1v) is 5.55. The van der Waals surface area contributed by atoms with Crippen LogP contribution in [0.5, 0.6) is 0 Å². The number of carbonyl (C=O) groups excluding carboxylic acids is 1. The van der Waals surface area contributed by atoms with E-state index >= 15 is 0 Å². The number of rotatable bonds is 7. The Bertz CT molecular complexity index is 241. The molecule has 0 aliphatic rings. The van der Waals surface area contributed by atoms with Crippen LogP contribution in [0.25, 0.3) is 0 Å².